The first kappa shape index (κ1) is 22.5. The molecule has 32 heavy (non-hydrogen) atoms. The van der Waals surface area contributed by atoms with Crippen molar-refractivity contribution in [3.8, 4) is 11.8 Å². The van der Waals surface area contributed by atoms with Gasteiger partial charge in [-0.2, -0.15) is 18.4 Å². The minimum Gasteiger partial charge on any atom is -0.490 e. The molecule has 0 spiro atoms. The molecule has 0 saturated carbocycles. The molecule has 9 heteroatoms. The number of nitriles is 1. The van der Waals surface area contributed by atoms with Crippen molar-refractivity contribution in [2.45, 2.75) is 31.3 Å². The molecule has 1 fully saturated rings. The Kier molecular flexibility index (Phi) is 6.10. The normalized spacial score (nSPS) is 19.6. The topological polar surface area (TPSA) is 59.7 Å². The van der Waals surface area contributed by atoms with Crippen LogP contribution in [0.15, 0.2) is 52.5 Å². The average molecular weight is 508 g/mol. The molecule has 1 unspecified atom stereocenters. The third kappa shape index (κ3) is 4.30. The molecule has 1 saturated heterocycles. The number of anilines is 1. The van der Waals surface area contributed by atoms with Gasteiger partial charge in [0.05, 0.1) is 11.3 Å². The van der Waals surface area contributed by atoms with Crippen LogP contribution in [0.3, 0.4) is 0 Å². The van der Waals surface area contributed by atoms with Gasteiger partial charge in [0.1, 0.15) is 23.5 Å². The summed E-state index contributed by atoms with van der Waals surface area (Å²) in [6.45, 7) is 1.19. The molecular formula is C23H21BrF3N3O2. The number of piperidine rings is 1. The van der Waals surface area contributed by atoms with Crippen LogP contribution in [0.4, 0.5) is 18.9 Å². The molecule has 2 aliphatic rings. The Hall–Kier alpha value is -2.70. The van der Waals surface area contributed by atoms with Crippen LogP contribution in [-0.4, -0.2) is 42.5 Å². The predicted octanol–water partition coefficient (Wildman–Crippen LogP) is 5.01. The maximum atomic E-state index is 12.7. The molecule has 2 aromatic carbocycles. The lowest BCUT2D eigenvalue weighted by Crippen LogP contribution is -2.43. The molecule has 5 nitrogen and oxygen atoms in total. The van der Waals surface area contributed by atoms with Gasteiger partial charge in [-0.1, -0.05) is 15.9 Å². The number of hydrogen-bond acceptors (Lipinski definition) is 5. The number of halogens is 4. The van der Waals surface area contributed by atoms with E-state index in [2.05, 4.69) is 26.9 Å². The molecule has 0 amide bonds. The lowest BCUT2D eigenvalue weighted by Gasteiger charge is -2.41. The molecule has 0 bridgehead atoms. The predicted molar refractivity (Wildman–Crippen MR) is 118 cm³/mol. The van der Waals surface area contributed by atoms with Gasteiger partial charge in [0.2, 0.25) is 0 Å². The summed E-state index contributed by atoms with van der Waals surface area (Å²) in [6.07, 6.45) is -4.28. The standard InChI is InChI=1S/C23H21BrF3N3O2/c1-29-20-12-15(24)4-7-18(20)21(19(13-28)22(29)31)30-10-8-17(9-11-30)32-16-5-2-14(3-6-16)23(25,26)27/h2-7,12,17,22,31H,8-11H2,1H3. The summed E-state index contributed by atoms with van der Waals surface area (Å²) in [4.78, 5) is 3.75. The molecule has 2 aromatic rings. The van der Waals surface area contributed by atoms with Crippen molar-refractivity contribution in [3.63, 3.8) is 0 Å². The van der Waals surface area contributed by atoms with Crippen LogP contribution >= 0.6 is 15.9 Å². The minimum atomic E-state index is -4.37. The Bertz CT molecular complexity index is 1070. The molecule has 2 aliphatic heterocycles. The number of fused-ring (bicyclic) bond motifs is 1. The number of rotatable bonds is 3. The van der Waals surface area contributed by atoms with Gasteiger partial charge in [-0.25, -0.2) is 0 Å². The fourth-order valence-corrected chi connectivity index (χ4v) is 4.50. The third-order valence-electron chi connectivity index (χ3n) is 5.84. The number of hydrogen-bond donors (Lipinski definition) is 1. The van der Waals surface area contributed by atoms with Crippen LogP contribution in [0.1, 0.15) is 24.0 Å². The Morgan fingerprint density at radius 3 is 2.38 bits per heavy atom. The van der Waals surface area contributed by atoms with E-state index in [-0.39, 0.29) is 6.10 Å². The monoisotopic (exact) mass is 507 g/mol. The van der Waals surface area contributed by atoms with Crippen molar-refractivity contribution >= 4 is 27.3 Å². The summed E-state index contributed by atoms with van der Waals surface area (Å²) < 4.78 is 45.0. The van der Waals surface area contributed by atoms with E-state index in [0.717, 1.165) is 27.9 Å². The molecular weight excluding hydrogens is 487 g/mol. The van der Waals surface area contributed by atoms with Gasteiger partial charge in [0.25, 0.3) is 0 Å². The molecule has 0 aliphatic carbocycles. The zero-order valence-electron chi connectivity index (χ0n) is 17.2. The fraction of sp³-hybridized carbons (Fsp3) is 0.348. The van der Waals surface area contributed by atoms with E-state index in [0.29, 0.717) is 43.0 Å². The Balaban J connectivity index is 1.50. The summed E-state index contributed by atoms with van der Waals surface area (Å²) in [6, 6.07) is 12.6. The summed E-state index contributed by atoms with van der Waals surface area (Å²) in [5.74, 6) is 0.401. The summed E-state index contributed by atoms with van der Waals surface area (Å²) in [5.41, 5.74) is 2.00. The van der Waals surface area contributed by atoms with Gasteiger partial charge in [-0.3, -0.25) is 0 Å². The van der Waals surface area contributed by atoms with E-state index in [9.17, 15) is 23.5 Å². The van der Waals surface area contributed by atoms with Crippen LogP contribution in [0.25, 0.3) is 5.70 Å². The fourth-order valence-electron chi connectivity index (χ4n) is 4.15. The van der Waals surface area contributed by atoms with Gasteiger partial charge < -0.3 is 19.6 Å². The quantitative estimate of drug-likeness (QED) is 0.632. The zero-order valence-corrected chi connectivity index (χ0v) is 18.8. The first-order chi connectivity index (χ1) is 15.2. The smallest absolute Gasteiger partial charge is 0.416 e. The first-order valence-electron chi connectivity index (χ1n) is 10.1. The molecule has 0 aromatic heterocycles. The van der Waals surface area contributed by atoms with Crippen LogP contribution in [0.2, 0.25) is 0 Å². The Morgan fingerprint density at radius 2 is 1.78 bits per heavy atom. The lowest BCUT2D eigenvalue weighted by molar-refractivity contribution is -0.137. The van der Waals surface area contributed by atoms with E-state index < -0.39 is 18.0 Å². The maximum absolute atomic E-state index is 12.7. The highest BCUT2D eigenvalue weighted by atomic mass is 79.9. The van der Waals surface area contributed by atoms with Gasteiger partial charge in [0, 0.05) is 48.7 Å². The van der Waals surface area contributed by atoms with Crippen molar-refractivity contribution in [1.29, 1.82) is 5.26 Å². The molecule has 168 valence electrons. The maximum Gasteiger partial charge on any atom is 0.416 e. The third-order valence-corrected chi connectivity index (χ3v) is 6.33. The first-order valence-corrected chi connectivity index (χ1v) is 10.9. The van der Waals surface area contributed by atoms with Crippen LogP contribution < -0.4 is 9.64 Å². The van der Waals surface area contributed by atoms with Crippen molar-refractivity contribution in [3.05, 3.63) is 63.6 Å². The average Bonchev–Trinajstić information content (AvgIpc) is 2.77. The number of likely N-dealkylation sites (N-methyl/N-ethyl adjacent to an activating group) is 1. The van der Waals surface area contributed by atoms with Crippen LogP contribution in [0.5, 0.6) is 5.75 Å². The van der Waals surface area contributed by atoms with Crippen molar-refractivity contribution in [2.75, 3.05) is 25.0 Å². The number of ether oxygens (including phenoxy) is 1. The van der Waals surface area contributed by atoms with Crippen LogP contribution in [0, 0.1) is 11.3 Å². The van der Waals surface area contributed by atoms with E-state index in [1.54, 1.807) is 11.9 Å². The number of nitrogens with zero attached hydrogens (tertiary/aromatic N) is 3. The molecule has 4 rings (SSSR count). The van der Waals surface area contributed by atoms with Gasteiger partial charge in [-0.05, 0) is 42.5 Å². The number of alkyl halides is 3. The van der Waals surface area contributed by atoms with E-state index in [1.165, 1.54) is 12.1 Å². The highest BCUT2D eigenvalue weighted by Gasteiger charge is 2.35. The molecule has 2 heterocycles. The number of aliphatic hydroxyl groups excluding tert-OH is 1. The molecule has 1 N–H and O–H groups in total. The summed E-state index contributed by atoms with van der Waals surface area (Å²) in [5, 5.41) is 20.5. The molecule has 0 radical (unpaired) electrons. The van der Waals surface area contributed by atoms with Crippen LogP contribution in [-0.2, 0) is 6.18 Å². The minimum absolute atomic E-state index is 0.144. The highest BCUT2D eigenvalue weighted by molar-refractivity contribution is 9.10. The SMILES string of the molecule is CN1c2cc(Br)ccc2C(N2CCC(Oc3ccc(C(F)(F)F)cc3)CC2)=C(C#N)C1O. The van der Waals surface area contributed by atoms with Crippen molar-refractivity contribution in [1.82, 2.24) is 4.90 Å². The van der Waals surface area contributed by atoms with Gasteiger partial charge in [0.15, 0.2) is 6.23 Å². The molecule has 1 atom stereocenters. The van der Waals surface area contributed by atoms with Gasteiger partial charge >= 0.3 is 6.18 Å². The summed E-state index contributed by atoms with van der Waals surface area (Å²) >= 11 is 3.46. The lowest BCUT2D eigenvalue weighted by atomic mass is 9.95. The zero-order chi connectivity index (χ0) is 23.0. The van der Waals surface area contributed by atoms with Crippen molar-refractivity contribution < 1.29 is 23.0 Å². The van der Waals surface area contributed by atoms with Gasteiger partial charge in [-0.15, -0.1) is 0 Å². The number of likely N-dealkylation sites (tertiary alicyclic amines) is 1. The second kappa shape index (κ2) is 8.68. The van der Waals surface area contributed by atoms with E-state index in [4.69, 9.17) is 4.74 Å². The largest absolute Gasteiger partial charge is 0.490 e. The second-order valence-electron chi connectivity index (χ2n) is 7.85. The second-order valence-corrected chi connectivity index (χ2v) is 8.76. The van der Waals surface area contributed by atoms with Crippen molar-refractivity contribution in [2.24, 2.45) is 0 Å². The highest BCUT2D eigenvalue weighted by Crippen LogP contribution is 2.41. The Labute approximate surface area is 192 Å². The summed E-state index contributed by atoms with van der Waals surface area (Å²) in [7, 11) is 1.74. The Morgan fingerprint density at radius 1 is 1.12 bits per heavy atom. The van der Waals surface area contributed by atoms with E-state index in [1.807, 2.05) is 18.2 Å². The van der Waals surface area contributed by atoms with E-state index >= 15 is 0 Å². The number of benzene rings is 2. The number of aliphatic hydroxyl groups is 1.